The molecule has 15 heavy (non-hydrogen) atoms. The van der Waals surface area contributed by atoms with Crippen molar-refractivity contribution in [2.75, 3.05) is 0 Å². The van der Waals surface area contributed by atoms with Crippen molar-refractivity contribution in [3.05, 3.63) is 30.1 Å². The fourth-order valence-electron chi connectivity index (χ4n) is 1.66. The van der Waals surface area contributed by atoms with Crippen LogP contribution in [0.1, 0.15) is 25.3 Å². The molecule has 1 aromatic heterocycles. The summed E-state index contributed by atoms with van der Waals surface area (Å²) in [5.74, 6) is 0.307. The van der Waals surface area contributed by atoms with E-state index < -0.39 is 6.17 Å². The molecule has 0 saturated carbocycles. The lowest BCUT2D eigenvalue weighted by molar-refractivity contribution is 0.197. The first kappa shape index (κ1) is 10.1. The number of halogens is 1. The third-order valence-corrected chi connectivity index (χ3v) is 2.46. The van der Waals surface area contributed by atoms with E-state index >= 15 is 0 Å². The maximum atomic E-state index is 13.6. The van der Waals surface area contributed by atoms with Gasteiger partial charge in [0.2, 0.25) is 0 Å². The van der Waals surface area contributed by atoms with E-state index in [-0.39, 0.29) is 6.73 Å². The third kappa shape index (κ3) is 1.61. The molecule has 1 heterocycles. The van der Waals surface area contributed by atoms with E-state index in [0.717, 1.165) is 11.0 Å². The number of imidazole rings is 1. The Bertz CT molecular complexity index is 467. The molecule has 0 aliphatic heterocycles. The summed E-state index contributed by atoms with van der Waals surface area (Å²) in [6.07, 6.45) is -0.756. The average molecular weight is 208 g/mol. The van der Waals surface area contributed by atoms with Crippen molar-refractivity contribution in [2.24, 2.45) is 0 Å². The SMILES string of the molecule is CCC(F)c1nc2ccccc2n1CO. The van der Waals surface area contributed by atoms with Crippen LogP contribution in [0.5, 0.6) is 0 Å². The molecule has 4 heteroatoms. The van der Waals surface area contributed by atoms with Gasteiger partial charge < -0.3 is 9.67 Å². The number of hydrogen-bond acceptors (Lipinski definition) is 2. The summed E-state index contributed by atoms with van der Waals surface area (Å²) in [6, 6.07) is 7.33. The zero-order chi connectivity index (χ0) is 10.8. The Labute approximate surface area is 87.2 Å². The molecule has 3 nitrogen and oxygen atoms in total. The van der Waals surface area contributed by atoms with Crippen LogP contribution in [-0.2, 0) is 6.73 Å². The van der Waals surface area contributed by atoms with Crippen molar-refractivity contribution in [1.29, 1.82) is 0 Å². The van der Waals surface area contributed by atoms with Crippen molar-refractivity contribution in [2.45, 2.75) is 26.2 Å². The van der Waals surface area contributed by atoms with Gasteiger partial charge in [0.05, 0.1) is 11.0 Å². The molecule has 2 rings (SSSR count). The molecule has 1 atom stereocenters. The number of rotatable bonds is 3. The number of hydrogen-bond donors (Lipinski definition) is 1. The number of benzene rings is 1. The molecular formula is C11H13FN2O. The molecule has 80 valence electrons. The summed E-state index contributed by atoms with van der Waals surface area (Å²) >= 11 is 0. The Hall–Kier alpha value is -1.42. The molecule has 0 spiro atoms. The highest BCUT2D eigenvalue weighted by Gasteiger charge is 2.17. The number of aliphatic hydroxyl groups excluding tert-OH is 1. The van der Waals surface area contributed by atoms with Gasteiger partial charge >= 0.3 is 0 Å². The zero-order valence-corrected chi connectivity index (χ0v) is 8.52. The Balaban J connectivity index is 2.63. The van der Waals surface area contributed by atoms with E-state index in [0.29, 0.717) is 12.2 Å². The van der Waals surface area contributed by atoms with Crippen molar-refractivity contribution >= 4 is 11.0 Å². The minimum atomic E-state index is -1.12. The van der Waals surface area contributed by atoms with Crippen LogP contribution in [0.4, 0.5) is 4.39 Å². The number of aliphatic hydroxyl groups is 1. The second-order valence-corrected chi connectivity index (χ2v) is 3.40. The van der Waals surface area contributed by atoms with Crippen LogP contribution in [0.15, 0.2) is 24.3 Å². The summed E-state index contributed by atoms with van der Waals surface area (Å²) in [6.45, 7) is 1.52. The van der Waals surface area contributed by atoms with Gasteiger partial charge in [-0.25, -0.2) is 9.37 Å². The van der Waals surface area contributed by atoms with Crippen LogP contribution >= 0.6 is 0 Å². The molecule has 0 amide bonds. The average Bonchev–Trinajstić information content (AvgIpc) is 2.66. The maximum Gasteiger partial charge on any atom is 0.158 e. The lowest BCUT2D eigenvalue weighted by atomic mass is 10.3. The predicted octanol–water partition coefficient (Wildman–Crippen LogP) is 2.41. The van der Waals surface area contributed by atoms with Crippen molar-refractivity contribution in [3.63, 3.8) is 0 Å². The normalized spacial score (nSPS) is 13.3. The fourth-order valence-corrected chi connectivity index (χ4v) is 1.66. The molecule has 0 saturated heterocycles. The Morgan fingerprint density at radius 2 is 2.20 bits per heavy atom. The maximum absolute atomic E-state index is 13.6. The topological polar surface area (TPSA) is 38.0 Å². The Kier molecular flexibility index (Phi) is 2.68. The minimum absolute atomic E-state index is 0.240. The summed E-state index contributed by atoms with van der Waals surface area (Å²) < 4.78 is 15.1. The lowest BCUT2D eigenvalue weighted by Crippen LogP contribution is -2.05. The molecule has 1 unspecified atom stereocenters. The van der Waals surface area contributed by atoms with Gasteiger partial charge in [-0.05, 0) is 18.6 Å². The van der Waals surface area contributed by atoms with Gasteiger partial charge in [-0.1, -0.05) is 19.1 Å². The molecule has 1 aromatic carbocycles. The summed E-state index contributed by atoms with van der Waals surface area (Å²) in [7, 11) is 0. The molecule has 1 N–H and O–H groups in total. The molecule has 0 bridgehead atoms. The quantitative estimate of drug-likeness (QED) is 0.841. The van der Waals surface area contributed by atoms with Gasteiger partial charge in [0.25, 0.3) is 0 Å². The van der Waals surface area contributed by atoms with Gasteiger partial charge in [0.15, 0.2) is 6.17 Å². The number of nitrogens with zero attached hydrogens (tertiary/aromatic N) is 2. The molecule has 0 aliphatic rings. The van der Waals surface area contributed by atoms with Crippen molar-refractivity contribution in [3.8, 4) is 0 Å². The van der Waals surface area contributed by atoms with Crippen molar-refractivity contribution < 1.29 is 9.50 Å². The molecular weight excluding hydrogens is 195 g/mol. The number of para-hydroxylation sites is 2. The first-order chi connectivity index (χ1) is 7.27. The minimum Gasteiger partial charge on any atom is -0.376 e. The standard InChI is InChI=1S/C11H13FN2O/c1-2-8(12)11-13-9-5-3-4-6-10(9)14(11)7-15/h3-6,8,15H,2,7H2,1H3. The van der Waals surface area contributed by atoms with Crippen LogP contribution in [0.2, 0.25) is 0 Å². The summed E-state index contributed by atoms with van der Waals surface area (Å²) in [4.78, 5) is 4.18. The number of aromatic nitrogens is 2. The van der Waals surface area contributed by atoms with E-state index in [9.17, 15) is 9.50 Å². The summed E-state index contributed by atoms with van der Waals surface area (Å²) in [5, 5.41) is 9.21. The molecule has 0 aliphatic carbocycles. The van der Waals surface area contributed by atoms with Crippen LogP contribution < -0.4 is 0 Å². The second-order valence-electron chi connectivity index (χ2n) is 3.40. The molecule has 0 fully saturated rings. The monoisotopic (exact) mass is 208 g/mol. The molecule has 2 aromatic rings. The fraction of sp³-hybridized carbons (Fsp3) is 0.364. The van der Waals surface area contributed by atoms with Crippen molar-refractivity contribution in [1.82, 2.24) is 9.55 Å². The van der Waals surface area contributed by atoms with Crippen LogP contribution in [0.25, 0.3) is 11.0 Å². The summed E-state index contributed by atoms with van der Waals surface area (Å²) in [5.41, 5.74) is 1.49. The van der Waals surface area contributed by atoms with Gasteiger partial charge in [0.1, 0.15) is 12.6 Å². The highest BCUT2D eigenvalue weighted by atomic mass is 19.1. The predicted molar refractivity (Wildman–Crippen MR) is 56.1 cm³/mol. The highest BCUT2D eigenvalue weighted by Crippen LogP contribution is 2.24. The van der Waals surface area contributed by atoms with Gasteiger partial charge in [0, 0.05) is 0 Å². The second kappa shape index (κ2) is 3.98. The van der Waals surface area contributed by atoms with E-state index in [2.05, 4.69) is 4.98 Å². The van der Waals surface area contributed by atoms with E-state index in [1.54, 1.807) is 6.92 Å². The van der Waals surface area contributed by atoms with Crippen LogP contribution in [-0.4, -0.2) is 14.7 Å². The zero-order valence-electron chi connectivity index (χ0n) is 8.52. The third-order valence-electron chi connectivity index (χ3n) is 2.46. The van der Waals surface area contributed by atoms with Crippen LogP contribution in [0, 0.1) is 0 Å². The highest BCUT2D eigenvalue weighted by molar-refractivity contribution is 5.75. The number of alkyl halides is 1. The first-order valence-electron chi connectivity index (χ1n) is 4.98. The Morgan fingerprint density at radius 3 is 2.87 bits per heavy atom. The number of fused-ring (bicyclic) bond motifs is 1. The van der Waals surface area contributed by atoms with E-state index in [1.165, 1.54) is 4.57 Å². The first-order valence-corrected chi connectivity index (χ1v) is 4.98. The Morgan fingerprint density at radius 1 is 1.47 bits per heavy atom. The smallest absolute Gasteiger partial charge is 0.158 e. The molecule has 0 radical (unpaired) electrons. The van der Waals surface area contributed by atoms with Gasteiger partial charge in [-0.15, -0.1) is 0 Å². The lowest BCUT2D eigenvalue weighted by Gasteiger charge is -2.07. The van der Waals surface area contributed by atoms with Crippen LogP contribution in [0.3, 0.4) is 0 Å². The largest absolute Gasteiger partial charge is 0.376 e. The van der Waals surface area contributed by atoms with E-state index in [1.807, 2.05) is 24.3 Å². The van der Waals surface area contributed by atoms with Gasteiger partial charge in [-0.2, -0.15) is 0 Å². The van der Waals surface area contributed by atoms with Gasteiger partial charge in [-0.3, -0.25) is 0 Å². The van der Waals surface area contributed by atoms with E-state index in [4.69, 9.17) is 0 Å².